The molecule has 0 bridgehead atoms. The van der Waals surface area contributed by atoms with Gasteiger partial charge in [-0.05, 0) is 37.2 Å². The summed E-state index contributed by atoms with van der Waals surface area (Å²) >= 11 is 0. The van der Waals surface area contributed by atoms with Crippen LogP contribution in [0.25, 0.3) is 0 Å². The Balaban J connectivity index is 1.30. The number of furan rings is 1. The normalized spacial score (nSPS) is 14.9. The zero-order valence-corrected chi connectivity index (χ0v) is 16.0. The van der Waals surface area contributed by atoms with Gasteiger partial charge >= 0.3 is 0 Å². The van der Waals surface area contributed by atoms with E-state index in [4.69, 9.17) is 9.15 Å². The van der Waals surface area contributed by atoms with Crippen molar-refractivity contribution < 1.29 is 13.9 Å². The maximum atomic E-state index is 11.9. The van der Waals surface area contributed by atoms with Crippen molar-refractivity contribution in [1.29, 1.82) is 0 Å². The molecule has 6 heteroatoms. The molecule has 3 rings (SSSR count). The van der Waals surface area contributed by atoms with Crippen LogP contribution in [0.15, 0.2) is 47.1 Å². The molecule has 6 nitrogen and oxygen atoms in total. The van der Waals surface area contributed by atoms with E-state index in [1.807, 2.05) is 24.3 Å². The molecule has 0 radical (unpaired) electrons. The molecule has 0 saturated carbocycles. The maximum absolute atomic E-state index is 11.9. The van der Waals surface area contributed by atoms with Crippen LogP contribution in [0.1, 0.15) is 18.6 Å². The fourth-order valence-electron chi connectivity index (χ4n) is 3.41. The van der Waals surface area contributed by atoms with E-state index in [-0.39, 0.29) is 5.91 Å². The fraction of sp³-hybridized carbons (Fsp3) is 0.476. The van der Waals surface area contributed by atoms with Gasteiger partial charge in [0.1, 0.15) is 11.5 Å². The fourth-order valence-corrected chi connectivity index (χ4v) is 3.41. The van der Waals surface area contributed by atoms with E-state index in [1.165, 1.54) is 5.69 Å². The Kier molecular flexibility index (Phi) is 7.16. The minimum absolute atomic E-state index is 0.0902. The predicted octanol–water partition coefficient (Wildman–Crippen LogP) is 2.55. The van der Waals surface area contributed by atoms with E-state index in [2.05, 4.69) is 27.2 Å². The number of benzene rings is 1. The first-order chi connectivity index (χ1) is 13.3. The molecule has 1 aromatic heterocycles. The van der Waals surface area contributed by atoms with Crippen molar-refractivity contribution in [3.05, 3.63) is 48.4 Å². The molecule has 1 fully saturated rings. The minimum atomic E-state index is 0.0902. The van der Waals surface area contributed by atoms with Gasteiger partial charge in [-0.25, -0.2) is 0 Å². The number of carbonyl (C=O) groups excluding carboxylic acids is 1. The van der Waals surface area contributed by atoms with E-state index in [0.717, 1.165) is 57.2 Å². The van der Waals surface area contributed by atoms with Gasteiger partial charge in [-0.15, -0.1) is 0 Å². The van der Waals surface area contributed by atoms with Gasteiger partial charge in [0.05, 0.1) is 19.1 Å². The highest BCUT2D eigenvalue weighted by Gasteiger charge is 2.19. The Morgan fingerprint density at radius 1 is 1.15 bits per heavy atom. The predicted molar refractivity (Wildman–Crippen MR) is 106 cm³/mol. The molecule has 1 aromatic carbocycles. The number of hydrogen-bond donors (Lipinski definition) is 1. The van der Waals surface area contributed by atoms with Gasteiger partial charge < -0.3 is 19.4 Å². The van der Waals surface area contributed by atoms with Crippen LogP contribution in [0, 0.1) is 0 Å². The van der Waals surface area contributed by atoms with Crippen molar-refractivity contribution in [2.75, 3.05) is 51.3 Å². The van der Waals surface area contributed by atoms with Crippen LogP contribution in [0.2, 0.25) is 0 Å². The lowest BCUT2D eigenvalue weighted by atomic mass is 10.2. The Morgan fingerprint density at radius 2 is 1.96 bits per heavy atom. The third-order valence-electron chi connectivity index (χ3n) is 4.95. The summed E-state index contributed by atoms with van der Waals surface area (Å²) in [6.45, 7) is 5.79. The van der Waals surface area contributed by atoms with Crippen LogP contribution in [-0.4, -0.2) is 57.2 Å². The number of carbonyl (C=O) groups is 1. The second-order valence-electron chi connectivity index (χ2n) is 6.78. The summed E-state index contributed by atoms with van der Waals surface area (Å²) < 4.78 is 10.7. The lowest BCUT2D eigenvalue weighted by Gasteiger charge is -2.36. The van der Waals surface area contributed by atoms with Crippen LogP contribution in [0.4, 0.5) is 5.69 Å². The molecule has 146 valence electrons. The van der Waals surface area contributed by atoms with Gasteiger partial charge in [0.25, 0.3) is 0 Å². The van der Waals surface area contributed by atoms with Crippen molar-refractivity contribution in [2.24, 2.45) is 0 Å². The second-order valence-corrected chi connectivity index (χ2v) is 6.78. The Bertz CT molecular complexity index is 694. The molecule has 0 aliphatic carbocycles. The summed E-state index contributed by atoms with van der Waals surface area (Å²) in [5.41, 5.74) is 1.17. The maximum Gasteiger partial charge on any atom is 0.220 e. The van der Waals surface area contributed by atoms with E-state index >= 15 is 0 Å². The topological polar surface area (TPSA) is 58.0 Å². The standard InChI is InChI=1S/C21H29N3O3/c1-26-20-8-3-2-7-19(20)24-15-13-23(14-16-24)12-5-11-22-21(25)10-9-18-6-4-17-27-18/h2-4,6-8,17H,5,9-16H2,1H3,(H,22,25). The average molecular weight is 371 g/mol. The third kappa shape index (κ3) is 5.76. The van der Waals surface area contributed by atoms with Crippen molar-refractivity contribution >= 4 is 11.6 Å². The number of hydrogen-bond acceptors (Lipinski definition) is 5. The Labute approximate surface area is 161 Å². The summed E-state index contributed by atoms with van der Waals surface area (Å²) in [6.07, 6.45) is 3.75. The Morgan fingerprint density at radius 3 is 2.70 bits per heavy atom. The first-order valence-electron chi connectivity index (χ1n) is 9.65. The number of anilines is 1. The van der Waals surface area contributed by atoms with Crippen LogP contribution in [0.5, 0.6) is 5.75 Å². The van der Waals surface area contributed by atoms with Crippen LogP contribution >= 0.6 is 0 Å². The lowest BCUT2D eigenvalue weighted by molar-refractivity contribution is -0.121. The lowest BCUT2D eigenvalue weighted by Crippen LogP contribution is -2.47. The zero-order chi connectivity index (χ0) is 18.9. The van der Waals surface area contributed by atoms with Gasteiger partial charge in [-0.2, -0.15) is 0 Å². The van der Waals surface area contributed by atoms with Crippen molar-refractivity contribution in [3.63, 3.8) is 0 Å². The summed E-state index contributed by atoms with van der Waals surface area (Å²) in [4.78, 5) is 16.7. The third-order valence-corrected chi connectivity index (χ3v) is 4.95. The molecule has 0 atom stereocenters. The van der Waals surface area contributed by atoms with Gasteiger partial charge in [-0.3, -0.25) is 9.69 Å². The van der Waals surface area contributed by atoms with Crippen LogP contribution < -0.4 is 15.0 Å². The summed E-state index contributed by atoms with van der Waals surface area (Å²) in [7, 11) is 1.72. The van der Waals surface area contributed by atoms with Crippen molar-refractivity contribution in [3.8, 4) is 5.75 Å². The van der Waals surface area contributed by atoms with Gasteiger partial charge in [0, 0.05) is 45.6 Å². The quantitative estimate of drug-likeness (QED) is 0.687. The number of piperazine rings is 1. The highest BCUT2D eigenvalue weighted by atomic mass is 16.5. The molecule has 0 spiro atoms. The van der Waals surface area contributed by atoms with Gasteiger partial charge in [-0.1, -0.05) is 12.1 Å². The van der Waals surface area contributed by atoms with Crippen LogP contribution in [0.3, 0.4) is 0 Å². The van der Waals surface area contributed by atoms with Crippen LogP contribution in [-0.2, 0) is 11.2 Å². The molecular weight excluding hydrogens is 342 g/mol. The molecule has 1 N–H and O–H groups in total. The number of nitrogens with zero attached hydrogens (tertiary/aromatic N) is 2. The van der Waals surface area contributed by atoms with E-state index in [0.29, 0.717) is 12.8 Å². The zero-order valence-electron chi connectivity index (χ0n) is 16.0. The number of rotatable bonds is 9. The summed E-state index contributed by atoms with van der Waals surface area (Å²) in [5, 5.41) is 3.00. The molecule has 2 aromatic rings. The molecule has 1 aliphatic heterocycles. The van der Waals surface area contributed by atoms with Gasteiger partial charge in [0.15, 0.2) is 0 Å². The van der Waals surface area contributed by atoms with E-state index in [1.54, 1.807) is 13.4 Å². The number of nitrogens with one attached hydrogen (secondary N) is 1. The second kappa shape index (κ2) is 10.0. The Hall–Kier alpha value is -2.47. The number of amides is 1. The molecule has 2 heterocycles. The van der Waals surface area contributed by atoms with E-state index < -0.39 is 0 Å². The van der Waals surface area contributed by atoms with E-state index in [9.17, 15) is 4.79 Å². The molecule has 1 amide bonds. The molecular formula is C21H29N3O3. The smallest absolute Gasteiger partial charge is 0.220 e. The number of ether oxygens (including phenoxy) is 1. The highest BCUT2D eigenvalue weighted by molar-refractivity contribution is 5.76. The number of aryl methyl sites for hydroxylation is 1. The molecule has 1 aliphatic rings. The molecule has 1 saturated heterocycles. The van der Waals surface area contributed by atoms with Crippen molar-refractivity contribution in [2.45, 2.75) is 19.3 Å². The van der Waals surface area contributed by atoms with Gasteiger partial charge in [0.2, 0.25) is 5.91 Å². The molecule has 27 heavy (non-hydrogen) atoms. The number of para-hydroxylation sites is 2. The largest absolute Gasteiger partial charge is 0.495 e. The number of methoxy groups -OCH3 is 1. The summed E-state index contributed by atoms with van der Waals surface area (Å²) in [5.74, 6) is 1.88. The monoisotopic (exact) mass is 371 g/mol. The first kappa shape index (κ1) is 19.3. The molecule has 0 unspecified atom stereocenters. The average Bonchev–Trinajstić information content (AvgIpc) is 3.24. The first-order valence-corrected chi connectivity index (χ1v) is 9.65. The summed E-state index contributed by atoms with van der Waals surface area (Å²) in [6, 6.07) is 11.9. The SMILES string of the molecule is COc1ccccc1N1CCN(CCCNC(=O)CCc2ccco2)CC1. The van der Waals surface area contributed by atoms with Crippen molar-refractivity contribution in [1.82, 2.24) is 10.2 Å². The minimum Gasteiger partial charge on any atom is -0.495 e. The highest BCUT2D eigenvalue weighted by Crippen LogP contribution is 2.28.